The summed E-state index contributed by atoms with van der Waals surface area (Å²) < 4.78 is 6.11. The molecule has 1 aliphatic carbocycles. The fourth-order valence-corrected chi connectivity index (χ4v) is 2.81. The van der Waals surface area contributed by atoms with Gasteiger partial charge in [-0.05, 0) is 43.9 Å². The maximum absolute atomic E-state index is 6.11. The molecule has 0 aromatic heterocycles. The Kier molecular flexibility index (Phi) is 2.61. The summed E-state index contributed by atoms with van der Waals surface area (Å²) in [5.74, 6) is 0. The Morgan fingerprint density at radius 3 is 2.29 bits per heavy atom. The Labute approximate surface area is 87.2 Å². The molecule has 1 spiro atoms. The zero-order valence-corrected chi connectivity index (χ0v) is 9.51. The predicted molar refractivity (Wildman–Crippen MR) is 58.1 cm³/mol. The second kappa shape index (κ2) is 3.49. The third kappa shape index (κ3) is 1.96. The SMILES string of the molecule is CC1(C)CCC2(CC[C@@H](CN)O2)CC1. The third-order valence-corrected chi connectivity index (χ3v) is 4.12. The summed E-state index contributed by atoms with van der Waals surface area (Å²) in [7, 11) is 0. The topological polar surface area (TPSA) is 35.2 Å². The van der Waals surface area contributed by atoms with Crippen molar-refractivity contribution in [3.8, 4) is 0 Å². The van der Waals surface area contributed by atoms with E-state index in [1.807, 2.05) is 0 Å². The average molecular weight is 197 g/mol. The van der Waals surface area contributed by atoms with Gasteiger partial charge in [0.15, 0.2) is 0 Å². The van der Waals surface area contributed by atoms with Crippen LogP contribution in [0.25, 0.3) is 0 Å². The fourth-order valence-electron chi connectivity index (χ4n) is 2.81. The number of hydrogen-bond donors (Lipinski definition) is 1. The highest BCUT2D eigenvalue weighted by molar-refractivity contribution is 4.95. The molecule has 82 valence electrons. The van der Waals surface area contributed by atoms with Crippen LogP contribution in [0.5, 0.6) is 0 Å². The van der Waals surface area contributed by atoms with Crippen LogP contribution in [0.15, 0.2) is 0 Å². The minimum atomic E-state index is 0.222. The van der Waals surface area contributed by atoms with Crippen molar-refractivity contribution in [1.29, 1.82) is 0 Å². The first-order valence-corrected chi connectivity index (χ1v) is 5.93. The molecule has 2 fully saturated rings. The van der Waals surface area contributed by atoms with Gasteiger partial charge in [-0.1, -0.05) is 13.8 Å². The summed E-state index contributed by atoms with van der Waals surface area (Å²) >= 11 is 0. The van der Waals surface area contributed by atoms with E-state index in [4.69, 9.17) is 10.5 Å². The van der Waals surface area contributed by atoms with Gasteiger partial charge in [-0.25, -0.2) is 0 Å². The molecule has 2 aliphatic rings. The van der Waals surface area contributed by atoms with Crippen molar-refractivity contribution < 1.29 is 4.74 Å². The van der Waals surface area contributed by atoms with Crippen molar-refractivity contribution >= 4 is 0 Å². The van der Waals surface area contributed by atoms with Crippen LogP contribution < -0.4 is 5.73 Å². The van der Waals surface area contributed by atoms with Crippen LogP contribution >= 0.6 is 0 Å². The van der Waals surface area contributed by atoms with Crippen molar-refractivity contribution in [2.24, 2.45) is 11.1 Å². The first kappa shape index (κ1) is 10.4. The molecule has 0 aromatic carbocycles. The molecule has 1 saturated carbocycles. The van der Waals surface area contributed by atoms with E-state index in [0.717, 1.165) is 0 Å². The molecule has 0 bridgehead atoms. The molecule has 0 unspecified atom stereocenters. The molecule has 2 heteroatoms. The predicted octanol–water partition coefficient (Wildman–Crippen LogP) is 2.46. The van der Waals surface area contributed by atoms with Crippen molar-refractivity contribution in [2.75, 3.05) is 6.54 Å². The van der Waals surface area contributed by atoms with Crippen LogP contribution in [-0.4, -0.2) is 18.2 Å². The zero-order chi connectivity index (χ0) is 10.2. The normalized spacial score (nSPS) is 34.9. The first-order valence-electron chi connectivity index (χ1n) is 5.93. The summed E-state index contributed by atoms with van der Waals surface area (Å²) in [4.78, 5) is 0. The Hall–Kier alpha value is -0.0800. The third-order valence-electron chi connectivity index (χ3n) is 4.12. The Balaban J connectivity index is 1.94. The second-order valence-electron chi connectivity index (χ2n) is 5.86. The van der Waals surface area contributed by atoms with Gasteiger partial charge in [-0.3, -0.25) is 0 Å². The van der Waals surface area contributed by atoms with Crippen molar-refractivity contribution in [1.82, 2.24) is 0 Å². The van der Waals surface area contributed by atoms with Gasteiger partial charge in [0.05, 0.1) is 11.7 Å². The summed E-state index contributed by atoms with van der Waals surface area (Å²) in [6.07, 6.45) is 7.87. The Morgan fingerprint density at radius 2 is 1.79 bits per heavy atom. The molecule has 2 N–H and O–H groups in total. The fraction of sp³-hybridized carbons (Fsp3) is 1.00. The highest BCUT2D eigenvalue weighted by Crippen LogP contribution is 2.47. The van der Waals surface area contributed by atoms with E-state index >= 15 is 0 Å². The van der Waals surface area contributed by atoms with E-state index in [9.17, 15) is 0 Å². The zero-order valence-electron chi connectivity index (χ0n) is 9.51. The average Bonchev–Trinajstić information content (AvgIpc) is 2.56. The number of rotatable bonds is 1. The summed E-state index contributed by atoms with van der Waals surface area (Å²) in [5.41, 5.74) is 6.41. The minimum absolute atomic E-state index is 0.222. The smallest absolute Gasteiger partial charge is 0.0705 e. The van der Waals surface area contributed by atoms with Gasteiger partial charge in [-0.15, -0.1) is 0 Å². The van der Waals surface area contributed by atoms with E-state index in [1.54, 1.807) is 0 Å². The van der Waals surface area contributed by atoms with E-state index in [0.29, 0.717) is 18.1 Å². The van der Waals surface area contributed by atoms with E-state index in [2.05, 4.69) is 13.8 Å². The van der Waals surface area contributed by atoms with Gasteiger partial charge >= 0.3 is 0 Å². The van der Waals surface area contributed by atoms with Gasteiger partial charge in [-0.2, -0.15) is 0 Å². The number of ether oxygens (including phenoxy) is 1. The van der Waals surface area contributed by atoms with Gasteiger partial charge < -0.3 is 10.5 Å². The van der Waals surface area contributed by atoms with Crippen molar-refractivity contribution in [2.45, 2.75) is 64.1 Å². The van der Waals surface area contributed by atoms with Crippen LogP contribution in [0, 0.1) is 5.41 Å². The lowest BCUT2D eigenvalue weighted by Gasteiger charge is -2.41. The molecule has 1 saturated heterocycles. The maximum atomic E-state index is 6.11. The van der Waals surface area contributed by atoms with E-state index in [-0.39, 0.29) is 5.60 Å². The highest BCUT2D eigenvalue weighted by atomic mass is 16.5. The van der Waals surface area contributed by atoms with Crippen molar-refractivity contribution in [3.05, 3.63) is 0 Å². The Morgan fingerprint density at radius 1 is 1.14 bits per heavy atom. The van der Waals surface area contributed by atoms with Gasteiger partial charge in [0, 0.05) is 6.54 Å². The quantitative estimate of drug-likeness (QED) is 0.701. The molecule has 0 radical (unpaired) electrons. The lowest BCUT2D eigenvalue weighted by molar-refractivity contribution is -0.0775. The molecular formula is C12H23NO. The van der Waals surface area contributed by atoms with E-state index < -0.39 is 0 Å². The molecule has 1 aliphatic heterocycles. The lowest BCUT2D eigenvalue weighted by Crippen LogP contribution is -2.37. The molecule has 0 aromatic rings. The van der Waals surface area contributed by atoms with Crippen LogP contribution in [-0.2, 0) is 4.74 Å². The number of hydrogen-bond acceptors (Lipinski definition) is 2. The molecule has 14 heavy (non-hydrogen) atoms. The molecule has 1 heterocycles. The number of nitrogens with two attached hydrogens (primary N) is 1. The molecular weight excluding hydrogens is 174 g/mol. The van der Waals surface area contributed by atoms with Crippen LogP contribution in [0.1, 0.15) is 52.4 Å². The summed E-state index contributed by atoms with van der Waals surface area (Å²) in [6.45, 7) is 5.44. The van der Waals surface area contributed by atoms with Gasteiger partial charge in [0.1, 0.15) is 0 Å². The monoisotopic (exact) mass is 197 g/mol. The molecule has 2 nitrogen and oxygen atoms in total. The molecule has 1 atom stereocenters. The summed E-state index contributed by atoms with van der Waals surface area (Å²) in [6, 6.07) is 0. The van der Waals surface area contributed by atoms with Gasteiger partial charge in [0.25, 0.3) is 0 Å². The maximum Gasteiger partial charge on any atom is 0.0705 e. The van der Waals surface area contributed by atoms with Crippen LogP contribution in [0.3, 0.4) is 0 Å². The first-order chi connectivity index (χ1) is 6.55. The second-order valence-corrected chi connectivity index (χ2v) is 5.86. The van der Waals surface area contributed by atoms with Crippen LogP contribution in [0.2, 0.25) is 0 Å². The molecule has 2 rings (SSSR count). The molecule has 0 amide bonds. The Bertz CT molecular complexity index is 202. The largest absolute Gasteiger partial charge is 0.370 e. The van der Waals surface area contributed by atoms with Crippen molar-refractivity contribution in [3.63, 3.8) is 0 Å². The van der Waals surface area contributed by atoms with Gasteiger partial charge in [0.2, 0.25) is 0 Å². The lowest BCUT2D eigenvalue weighted by atomic mass is 9.70. The highest BCUT2D eigenvalue weighted by Gasteiger charge is 2.43. The summed E-state index contributed by atoms with van der Waals surface area (Å²) in [5, 5.41) is 0. The minimum Gasteiger partial charge on any atom is -0.370 e. The van der Waals surface area contributed by atoms with E-state index in [1.165, 1.54) is 38.5 Å². The van der Waals surface area contributed by atoms with Crippen LogP contribution in [0.4, 0.5) is 0 Å². The standard InChI is InChI=1S/C12H23NO/c1-11(2)5-7-12(8-6-11)4-3-10(9-13)14-12/h10H,3-9,13H2,1-2H3/t10-/m0/s1.